The lowest BCUT2D eigenvalue weighted by Crippen LogP contribution is -2.39. The molecule has 0 aromatic heterocycles. The summed E-state index contributed by atoms with van der Waals surface area (Å²) in [5.41, 5.74) is 1.56. The highest BCUT2D eigenvalue weighted by Crippen LogP contribution is 2.20. The summed E-state index contributed by atoms with van der Waals surface area (Å²) in [6.07, 6.45) is 10.6. The molecule has 0 fully saturated rings. The molecule has 0 saturated carbocycles. The molecule has 2 atom stereocenters. The Kier molecular flexibility index (Phi) is 1.82. The van der Waals surface area contributed by atoms with Crippen molar-refractivity contribution in [2.75, 3.05) is 0 Å². The van der Waals surface area contributed by atoms with Crippen LogP contribution in [-0.4, -0.2) is 12.1 Å². The van der Waals surface area contributed by atoms with Gasteiger partial charge in [-0.2, -0.15) is 0 Å². The Balaban J connectivity index is 2.17. The molecule has 60 valence electrons. The summed E-state index contributed by atoms with van der Waals surface area (Å²) in [7, 11) is 0. The molecule has 0 aromatic rings. The van der Waals surface area contributed by atoms with Crippen molar-refractivity contribution >= 4 is 0 Å². The van der Waals surface area contributed by atoms with Crippen LogP contribution in [-0.2, 0) is 0 Å². The van der Waals surface area contributed by atoms with Crippen LogP contribution in [0.4, 0.5) is 0 Å². The van der Waals surface area contributed by atoms with Crippen LogP contribution in [0, 0.1) is 0 Å². The molecule has 0 aromatic carbocycles. The van der Waals surface area contributed by atoms with Gasteiger partial charge in [-0.1, -0.05) is 23.8 Å². The third-order valence-corrected chi connectivity index (χ3v) is 2.48. The fourth-order valence-electron chi connectivity index (χ4n) is 2.00. The molecule has 0 spiro atoms. The topological polar surface area (TPSA) is 12.0 Å². The molecule has 0 unspecified atom stereocenters. The van der Waals surface area contributed by atoms with E-state index < -0.39 is 0 Å². The summed E-state index contributed by atoms with van der Waals surface area (Å²) in [6, 6.07) is 1.33. The Morgan fingerprint density at radius 1 is 1.36 bits per heavy atom. The molecule has 0 aliphatic carbocycles. The van der Waals surface area contributed by atoms with Crippen LogP contribution >= 0.6 is 0 Å². The Hall–Kier alpha value is -0.560. The predicted octanol–water partition coefficient (Wildman–Crippen LogP) is 2.01. The summed E-state index contributed by atoms with van der Waals surface area (Å²) in [5, 5.41) is 3.61. The van der Waals surface area contributed by atoms with E-state index in [0.29, 0.717) is 12.1 Å². The van der Waals surface area contributed by atoms with Gasteiger partial charge in [0.05, 0.1) is 0 Å². The highest BCUT2D eigenvalue weighted by atomic mass is 15.0. The van der Waals surface area contributed by atoms with Crippen molar-refractivity contribution < 1.29 is 0 Å². The standard InChI is InChI=1S/C10H15N/c1-8-6-9-4-2-3-5-10(7-8)11-9/h2-3,6,9-11H,4-5,7H2,1H3/t9-,10-/m1/s1. The molecule has 0 amide bonds. The molecule has 2 aliphatic rings. The predicted molar refractivity (Wildman–Crippen MR) is 47.5 cm³/mol. The first kappa shape index (κ1) is 7.11. The maximum atomic E-state index is 3.61. The lowest BCUT2D eigenvalue weighted by molar-refractivity contribution is 0.454. The summed E-state index contributed by atoms with van der Waals surface area (Å²) >= 11 is 0. The van der Waals surface area contributed by atoms with Crippen molar-refractivity contribution in [3.63, 3.8) is 0 Å². The molecule has 11 heavy (non-hydrogen) atoms. The zero-order chi connectivity index (χ0) is 7.68. The fourth-order valence-corrected chi connectivity index (χ4v) is 2.00. The van der Waals surface area contributed by atoms with Gasteiger partial charge in [0.25, 0.3) is 0 Å². The van der Waals surface area contributed by atoms with Gasteiger partial charge in [0.1, 0.15) is 0 Å². The van der Waals surface area contributed by atoms with Crippen molar-refractivity contribution in [1.82, 2.24) is 5.32 Å². The molecule has 2 bridgehead atoms. The van der Waals surface area contributed by atoms with Crippen LogP contribution in [0.3, 0.4) is 0 Å². The molecule has 0 saturated heterocycles. The van der Waals surface area contributed by atoms with Crippen LogP contribution in [0.15, 0.2) is 23.8 Å². The summed E-state index contributed by atoms with van der Waals surface area (Å²) in [6.45, 7) is 2.24. The molecule has 1 nitrogen and oxygen atoms in total. The van der Waals surface area contributed by atoms with Gasteiger partial charge in [-0.3, -0.25) is 0 Å². The maximum Gasteiger partial charge on any atom is 0.0289 e. The van der Waals surface area contributed by atoms with Crippen LogP contribution in [0.25, 0.3) is 0 Å². The van der Waals surface area contributed by atoms with Gasteiger partial charge in [-0.05, 0) is 26.2 Å². The van der Waals surface area contributed by atoms with E-state index in [2.05, 4.69) is 30.5 Å². The average Bonchev–Trinajstić information content (AvgIpc) is 2.11. The highest BCUT2D eigenvalue weighted by molar-refractivity contribution is 5.15. The van der Waals surface area contributed by atoms with Gasteiger partial charge in [0, 0.05) is 12.1 Å². The van der Waals surface area contributed by atoms with Crippen molar-refractivity contribution in [3.8, 4) is 0 Å². The normalized spacial score (nSPS) is 36.3. The lowest BCUT2D eigenvalue weighted by Gasteiger charge is -2.26. The SMILES string of the molecule is CC1=C[C@H]2CC=CC[C@H](C1)N2. The van der Waals surface area contributed by atoms with Gasteiger partial charge in [0.2, 0.25) is 0 Å². The minimum Gasteiger partial charge on any atom is -0.307 e. The van der Waals surface area contributed by atoms with Gasteiger partial charge >= 0.3 is 0 Å². The molecule has 1 heteroatoms. The molecule has 2 rings (SSSR count). The molecule has 2 heterocycles. The smallest absolute Gasteiger partial charge is 0.0289 e. The van der Waals surface area contributed by atoms with E-state index in [-0.39, 0.29) is 0 Å². The zero-order valence-corrected chi connectivity index (χ0v) is 7.01. The van der Waals surface area contributed by atoms with Gasteiger partial charge in [-0.15, -0.1) is 0 Å². The number of hydrogen-bond acceptors (Lipinski definition) is 1. The molecule has 1 N–H and O–H groups in total. The third kappa shape index (κ3) is 1.54. The Labute approximate surface area is 68.2 Å². The van der Waals surface area contributed by atoms with Crippen molar-refractivity contribution in [3.05, 3.63) is 23.8 Å². The first-order valence-corrected chi connectivity index (χ1v) is 4.43. The van der Waals surface area contributed by atoms with E-state index in [1.165, 1.54) is 19.3 Å². The van der Waals surface area contributed by atoms with E-state index in [4.69, 9.17) is 0 Å². The number of hydrogen-bond donors (Lipinski definition) is 1. The van der Waals surface area contributed by atoms with Gasteiger partial charge < -0.3 is 5.32 Å². The lowest BCUT2D eigenvalue weighted by atomic mass is 9.98. The highest BCUT2D eigenvalue weighted by Gasteiger charge is 2.19. The Morgan fingerprint density at radius 2 is 2.18 bits per heavy atom. The largest absolute Gasteiger partial charge is 0.307 e. The second kappa shape index (κ2) is 2.82. The number of rotatable bonds is 0. The van der Waals surface area contributed by atoms with Crippen molar-refractivity contribution in [2.24, 2.45) is 0 Å². The zero-order valence-electron chi connectivity index (χ0n) is 7.01. The fraction of sp³-hybridized carbons (Fsp3) is 0.600. The average molecular weight is 149 g/mol. The monoisotopic (exact) mass is 149 g/mol. The summed E-state index contributed by atoms with van der Waals surface area (Å²) in [5.74, 6) is 0. The van der Waals surface area contributed by atoms with E-state index >= 15 is 0 Å². The maximum absolute atomic E-state index is 3.61. The summed E-state index contributed by atoms with van der Waals surface area (Å²) < 4.78 is 0. The summed E-state index contributed by atoms with van der Waals surface area (Å²) in [4.78, 5) is 0. The quantitative estimate of drug-likeness (QED) is 0.519. The third-order valence-electron chi connectivity index (χ3n) is 2.48. The van der Waals surface area contributed by atoms with E-state index in [9.17, 15) is 0 Å². The minimum atomic E-state index is 0.618. The first-order chi connectivity index (χ1) is 5.34. The van der Waals surface area contributed by atoms with E-state index in [0.717, 1.165) is 0 Å². The molecular formula is C10H15N. The van der Waals surface area contributed by atoms with Crippen LogP contribution in [0.2, 0.25) is 0 Å². The minimum absolute atomic E-state index is 0.618. The van der Waals surface area contributed by atoms with Crippen LogP contribution in [0.5, 0.6) is 0 Å². The second-order valence-electron chi connectivity index (χ2n) is 3.63. The van der Waals surface area contributed by atoms with Gasteiger partial charge in [0.15, 0.2) is 0 Å². The van der Waals surface area contributed by atoms with E-state index in [1.54, 1.807) is 5.57 Å². The van der Waals surface area contributed by atoms with Crippen molar-refractivity contribution in [2.45, 2.75) is 38.3 Å². The first-order valence-electron chi connectivity index (χ1n) is 4.43. The second-order valence-corrected chi connectivity index (χ2v) is 3.63. The molecule has 2 aliphatic heterocycles. The molecule has 0 radical (unpaired) electrons. The van der Waals surface area contributed by atoms with Crippen LogP contribution in [0.1, 0.15) is 26.2 Å². The Morgan fingerprint density at radius 3 is 3.09 bits per heavy atom. The number of fused-ring (bicyclic) bond motifs is 2. The van der Waals surface area contributed by atoms with Crippen molar-refractivity contribution in [1.29, 1.82) is 0 Å². The number of nitrogens with one attached hydrogen (secondary N) is 1. The van der Waals surface area contributed by atoms with Gasteiger partial charge in [-0.25, -0.2) is 0 Å². The molecular weight excluding hydrogens is 134 g/mol. The van der Waals surface area contributed by atoms with Crippen LogP contribution < -0.4 is 5.32 Å². The Bertz CT molecular complexity index is 203. The van der Waals surface area contributed by atoms with E-state index in [1.807, 2.05) is 0 Å².